The number of rotatable bonds is 3. The van der Waals surface area contributed by atoms with Crippen LogP contribution in [-0.4, -0.2) is 19.1 Å². The van der Waals surface area contributed by atoms with E-state index in [9.17, 15) is 13.6 Å². The second-order valence-corrected chi connectivity index (χ2v) is 3.01. The highest BCUT2D eigenvalue weighted by atomic mass is 19.1. The second kappa shape index (κ2) is 4.72. The molecule has 0 bridgehead atoms. The maximum Gasteiger partial charge on any atom is 0.327 e. The summed E-state index contributed by atoms with van der Waals surface area (Å²) in [5.41, 5.74) is 0.0642. The van der Waals surface area contributed by atoms with Gasteiger partial charge in [-0.25, -0.2) is 13.6 Å². The fourth-order valence-electron chi connectivity index (χ4n) is 1.08. The van der Waals surface area contributed by atoms with E-state index in [1.165, 1.54) is 20.1 Å². The number of carbonyl (C=O) groups is 1. The van der Waals surface area contributed by atoms with Gasteiger partial charge >= 0.3 is 5.97 Å². The van der Waals surface area contributed by atoms with Crippen LogP contribution in [-0.2, 0) is 9.53 Å². The number of ether oxygens (including phenoxy) is 1. The van der Waals surface area contributed by atoms with Crippen molar-refractivity contribution in [3.63, 3.8) is 0 Å². The van der Waals surface area contributed by atoms with Crippen LogP contribution < -0.4 is 5.32 Å². The largest absolute Gasteiger partial charge is 0.467 e. The topological polar surface area (TPSA) is 38.3 Å². The number of esters is 1. The fourth-order valence-corrected chi connectivity index (χ4v) is 1.08. The van der Waals surface area contributed by atoms with Crippen LogP contribution in [0.1, 0.15) is 6.92 Å². The molecule has 1 aromatic carbocycles. The summed E-state index contributed by atoms with van der Waals surface area (Å²) < 4.78 is 30.1. The van der Waals surface area contributed by atoms with Crippen LogP contribution in [0.25, 0.3) is 0 Å². The summed E-state index contributed by atoms with van der Waals surface area (Å²) in [6.45, 7) is 1.52. The average molecular weight is 215 g/mol. The molecule has 0 saturated carbocycles. The first-order valence-electron chi connectivity index (χ1n) is 4.34. The predicted molar refractivity (Wildman–Crippen MR) is 51.5 cm³/mol. The lowest BCUT2D eigenvalue weighted by Gasteiger charge is -2.13. The summed E-state index contributed by atoms with van der Waals surface area (Å²) >= 11 is 0. The van der Waals surface area contributed by atoms with Gasteiger partial charge in [0.1, 0.15) is 17.7 Å². The van der Waals surface area contributed by atoms with Crippen LogP contribution in [0, 0.1) is 11.6 Å². The van der Waals surface area contributed by atoms with E-state index >= 15 is 0 Å². The Morgan fingerprint density at radius 1 is 1.47 bits per heavy atom. The number of nitrogens with one attached hydrogen (secondary N) is 1. The Labute approximate surface area is 86.0 Å². The van der Waals surface area contributed by atoms with Gasteiger partial charge in [0, 0.05) is 6.07 Å². The first kappa shape index (κ1) is 11.4. The molecule has 0 fully saturated rings. The summed E-state index contributed by atoms with van der Waals surface area (Å²) in [5, 5.41) is 2.57. The number of halogens is 2. The molecule has 0 saturated heterocycles. The highest BCUT2D eigenvalue weighted by Crippen LogP contribution is 2.15. The molecule has 1 unspecified atom stereocenters. The normalized spacial score (nSPS) is 12.0. The maximum absolute atomic E-state index is 13.1. The number of hydrogen-bond donors (Lipinski definition) is 1. The molecule has 0 spiro atoms. The highest BCUT2D eigenvalue weighted by Gasteiger charge is 2.14. The van der Waals surface area contributed by atoms with Gasteiger partial charge in [-0.1, -0.05) is 0 Å². The fraction of sp³-hybridized carbons (Fsp3) is 0.300. The van der Waals surface area contributed by atoms with Crippen molar-refractivity contribution in [2.24, 2.45) is 0 Å². The SMILES string of the molecule is COC(=O)C(C)Nc1ccc(F)cc1F. The lowest BCUT2D eigenvalue weighted by Crippen LogP contribution is -2.27. The molecular formula is C10H11F2NO2. The van der Waals surface area contributed by atoms with Crippen molar-refractivity contribution < 1.29 is 18.3 Å². The number of carbonyl (C=O) groups excluding carboxylic acids is 1. The molecule has 0 amide bonds. The van der Waals surface area contributed by atoms with Crippen LogP contribution in [0.4, 0.5) is 14.5 Å². The van der Waals surface area contributed by atoms with Gasteiger partial charge in [-0.15, -0.1) is 0 Å². The molecule has 0 radical (unpaired) electrons. The summed E-state index contributed by atoms with van der Waals surface area (Å²) in [7, 11) is 1.24. The highest BCUT2D eigenvalue weighted by molar-refractivity contribution is 5.78. The Bertz CT molecular complexity index is 368. The van der Waals surface area contributed by atoms with E-state index in [0.717, 1.165) is 12.1 Å². The maximum atomic E-state index is 13.1. The minimum Gasteiger partial charge on any atom is -0.467 e. The molecule has 0 heterocycles. The first-order chi connectivity index (χ1) is 7.04. The molecule has 5 heteroatoms. The third-order valence-corrected chi connectivity index (χ3v) is 1.86. The molecule has 0 aliphatic carbocycles. The second-order valence-electron chi connectivity index (χ2n) is 3.01. The Morgan fingerprint density at radius 3 is 2.67 bits per heavy atom. The number of methoxy groups -OCH3 is 1. The van der Waals surface area contributed by atoms with E-state index in [1.54, 1.807) is 0 Å². The molecule has 15 heavy (non-hydrogen) atoms. The van der Waals surface area contributed by atoms with E-state index < -0.39 is 23.6 Å². The van der Waals surface area contributed by atoms with Crippen LogP contribution in [0.5, 0.6) is 0 Å². The molecule has 3 nitrogen and oxygen atoms in total. The quantitative estimate of drug-likeness (QED) is 0.783. The van der Waals surface area contributed by atoms with Gasteiger partial charge in [0.15, 0.2) is 0 Å². The van der Waals surface area contributed by atoms with Gasteiger partial charge in [0.25, 0.3) is 0 Å². The number of benzene rings is 1. The van der Waals surface area contributed by atoms with Crippen LogP contribution in [0.3, 0.4) is 0 Å². The van der Waals surface area contributed by atoms with Gasteiger partial charge in [-0.05, 0) is 19.1 Å². The Morgan fingerprint density at radius 2 is 2.13 bits per heavy atom. The third kappa shape index (κ3) is 2.90. The van der Waals surface area contributed by atoms with Crippen molar-refractivity contribution in [1.82, 2.24) is 0 Å². The molecule has 0 aromatic heterocycles. The Balaban J connectivity index is 2.76. The first-order valence-corrected chi connectivity index (χ1v) is 4.34. The zero-order valence-corrected chi connectivity index (χ0v) is 8.38. The van der Waals surface area contributed by atoms with Gasteiger partial charge in [-0.2, -0.15) is 0 Å². The lowest BCUT2D eigenvalue weighted by molar-refractivity contribution is -0.141. The van der Waals surface area contributed by atoms with Crippen molar-refractivity contribution >= 4 is 11.7 Å². The molecule has 1 atom stereocenters. The van der Waals surface area contributed by atoms with E-state index in [4.69, 9.17) is 0 Å². The zero-order chi connectivity index (χ0) is 11.4. The van der Waals surface area contributed by atoms with Crippen molar-refractivity contribution in [3.8, 4) is 0 Å². The molecule has 82 valence electrons. The molecule has 0 aliphatic heterocycles. The smallest absolute Gasteiger partial charge is 0.327 e. The third-order valence-electron chi connectivity index (χ3n) is 1.86. The minimum absolute atomic E-state index is 0.0642. The van der Waals surface area contributed by atoms with Crippen LogP contribution >= 0.6 is 0 Å². The zero-order valence-electron chi connectivity index (χ0n) is 8.38. The lowest BCUT2D eigenvalue weighted by atomic mass is 10.2. The number of anilines is 1. The van der Waals surface area contributed by atoms with Gasteiger partial charge in [0.2, 0.25) is 0 Å². The van der Waals surface area contributed by atoms with Crippen molar-refractivity contribution in [1.29, 1.82) is 0 Å². The molecule has 1 aromatic rings. The summed E-state index contributed by atoms with van der Waals surface area (Å²) in [6, 6.07) is 2.39. The number of hydrogen-bond acceptors (Lipinski definition) is 3. The molecular weight excluding hydrogens is 204 g/mol. The van der Waals surface area contributed by atoms with Gasteiger partial charge in [0.05, 0.1) is 12.8 Å². The van der Waals surface area contributed by atoms with Crippen LogP contribution in [0.15, 0.2) is 18.2 Å². The Kier molecular flexibility index (Phi) is 3.60. The molecule has 1 rings (SSSR count). The molecule has 1 N–H and O–H groups in total. The average Bonchev–Trinajstić information content (AvgIpc) is 2.20. The van der Waals surface area contributed by atoms with E-state index in [-0.39, 0.29) is 5.69 Å². The van der Waals surface area contributed by atoms with Crippen molar-refractivity contribution in [2.45, 2.75) is 13.0 Å². The van der Waals surface area contributed by atoms with Crippen molar-refractivity contribution in [3.05, 3.63) is 29.8 Å². The van der Waals surface area contributed by atoms with Gasteiger partial charge in [-0.3, -0.25) is 0 Å². The van der Waals surface area contributed by atoms with E-state index in [2.05, 4.69) is 10.1 Å². The predicted octanol–water partition coefficient (Wildman–Crippen LogP) is 1.94. The minimum atomic E-state index is -0.745. The summed E-state index contributed by atoms with van der Waals surface area (Å²) in [4.78, 5) is 11.0. The van der Waals surface area contributed by atoms with Crippen molar-refractivity contribution in [2.75, 3.05) is 12.4 Å². The van der Waals surface area contributed by atoms with E-state index in [0.29, 0.717) is 0 Å². The van der Waals surface area contributed by atoms with Gasteiger partial charge < -0.3 is 10.1 Å². The summed E-state index contributed by atoms with van der Waals surface area (Å²) in [5.74, 6) is -1.92. The Hall–Kier alpha value is -1.65. The van der Waals surface area contributed by atoms with Crippen LogP contribution in [0.2, 0.25) is 0 Å². The monoisotopic (exact) mass is 215 g/mol. The van der Waals surface area contributed by atoms with E-state index in [1.807, 2.05) is 0 Å². The summed E-state index contributed by atoms with van der Waals surface area (Å²) in [6.07, 6.45) is 0. The molecule has 0 aliphatic rings. The standard InChI is InChI=1S/C10H11F2NO2/c1-6(10(14)15-2)13-9-4-3-7(11)5-8(9)12/h3-6,13H,1-2H3.